The van der Waals surface area contributed by atoms with Crippen molar-refractivity contribution in [1.29, 1.82) is 0 Å². The first-order chi connectivity index (χ1) is 9.10. The number of benzene rings is 1. The van der Waals surface area contributed by atoms with E-state index in [0.29, 0.717) is 18.9 Å². The molecule has 1 aromatic rings. The van der Waals surface area contributed by atoms with Crippen LogP contribution < -0.4 is 4.74 Å². The lowest BCUT2D eigenvalue weighted by atomic mass is 10.0. The monoisotopic (exact) mass is 325 g/mol. The van der Waals surface area contributed by atoms with Gasteiger partial charge in [-0.25, -0.2) is 0 Å². The van der Waals surface area contributed by atoms with E-state index in [9.17, 15) is 4.79 Å². The van der Waals surface area contributed by atoms with Crippen molar-refractivity contribution in [3.05, 3.63) is 28.2 Å². The zero-order valence-electron chi connectivity index (χ0n) is 11.5. The smallest absolute Gasteiger partial charge is 0.222 e. The molecule has 2 rings (SSSR count). The Morgan fingerprint density at radius 3 is 2.89 bits per heavy atom. The quantitative estimate of drug-likeness (QED) is 0.849. The molecule has 0 aromatic heterocycles. The van der Waals surface area contributed by atoms with E-state index in [1.165, 1.54) is 0 Å². The molecule has 0 bridgehead atoms. The summed E-state index contributed by atoms with van der Waals surface area (Å²) in [5.41, 5.74) is 1.13. The molecule has 1 heterocycles. The molecule has 1 saturated heterocycles. The summed E-state index contributed by atoms with van der Waals surface area (Å²) in [6, 6.07) is 5.98. The van der Waals surface area contributed by atoms with Crippen molar-refractivity contribution in [2.75, 3.05) is 13.7 Å². The Morgan fingerprint density at radius 2 is 2.21 bits per heavy atom. The van der Waals surface area contributed by atoms with Crippen LogP contribution in [0.25, 0.3) is 0 Å². The van der Waals surface area contributed by atoms with E-state index in [4.69, 9.17) is 4.74 Å². The van der Waals surface area contributed by atoms with E-state index < -0.39 is 0 Å². The molecule has 1 unspecified atom stereocenters. The first kappa shape index (κ1) is 14.4. The molecule has 1 fully saturated rings. The van der Waals surface area contributed by atoms with Crippen LogP contribution in [0.4, 0.5) is 0 Å². The van der Waals surface area contributed by atoms with Crippen LogP contribution in [0.1, 0.15) is 31.7 Å². The summed E-state index contributed by atoms with van der Waals surface area (Å²) in [5, 5.41) is 0. The van der Waals surface area contributed by atoms with Gasteiger partial charge in [0.2, 0.25) is 5.91 Å². The molecule has 0 saturated carbocycles. The highest BCUT2D eigenvalue weighted by Gasteiger charge is 2.20. The third-order valence-electron chi connectivity index (χ3n) is 3.69. The Bertz CT molecular complexity index is 461. The maximum atomic E-state index is 12.1. The average molecular weight is 326 g/mol. The molecule has 1 atom stereocenters. The van der Waals surface area contributed by atoms with Crippen LogP contribution in [0.3, 0.4) is 0 Å². The fraction of sp³-hybridized carbons (Fsp3) is 0.533. The van der Waals surface area contributed by atoms with Gasteiger partial charge < -0.3 is 9.64 Å². The molecular formula is C15H20BrNO2. The molecule has 19 heavy (non-hydrogen) atoms. The lowest BCUT2D eigenvalue weighted by Gasteiger charge is -2.21. The van der Waals surface area contributed by atoms with Crippen molar-refractivity contribution in [2.24, 2.45) is 5.92 Å². The molecule has 3 nitrogen and oxygen atoms in total. The van der Waals surface area contributed by atoms with E-state index in [1.807, 2.05) is 23.1 Å². The predicted octanol–water partition coefficient (Wildman–Crippen LogP) is 3.61. The topological polar surface area (TPSA) is 29.5 Å². The van der Waals surface area contributed by atoms with Crippen LogP contribution in [0, 0.1) is 5.92 Å². The van der Waals surface area contributed by atoms with Crippen LogP contribution in [-0.2, 0) is 11.3 Å². The molecule has 104 valence electrons. The third-order valence-corrected chi connectivity index (χ3v) is 4.30. The van der Waals surface area contributed by atoms with E-state index in [0.717, 1.165) is 35.2 Å². The number of hydrogen-bond acceptors (Lipinski definition) is 2. The summed E-state index contributed by atoms with van der Waals surface area (Å²) in [4.78, 5) is 14.0. The second kappa shape index (κ2) is 6.42. The number of amides is 1. The molecule has 0 aliphatic carbocycles. The predicted molar refractivity (Wildman–Crippen MR) is 79.1 cm³/mol. The minimum absolute atomic E-state index is 0.274. The number of nitrogens with zero attached hydrogens (tertiary/aromatic N) is 1. The normalized spacial score (nSPS) is 20.3. The number of halogens is 1. The molecule has 1 amide bonds. The van der Waals surface area contributed by atoms with Gasteiger partial charge >= 0.3 is 0 Å². The molecule has 4 heteroatoms. The van der Waals surface area contributed by atoms with Gasteiger partial charge in [-0.3, -0.25) is 4.79 Å². The zero-order chi connectivity index (χ0) is 13.8. The second-order valence-electron chi connectivity index (χ2n) is 5.22. The minimum Gasteiger partial charge on any atom is -0.496 e. The Balaban J connectivity index is 2.07. The van der Waals surface area contributed by atoms with Crippen molar-refractivity contribution in [3.63, 3.8) is 0 Å². The number of hydrogen-bond donors (Lipinski definition) is 0. The molecule has 0 radical (unpaired) electrons. The van der Waals surface area contributed by atoms with E-state index in [2.05, 4.69) is 22.9 Å². The summed E-state index contributed by atoms with van der Waals surface area (Å²) in [6.45, 7) is 3.78. The van der Waals surface area contributed by atoms with Crippen LogP contribution in [0.15, 0.2) is 22.7 Å². The first-order valence-corrected chi connectivity index (χ1v) is 7.49. The van der Waals surface area contributed by atoms with Gasteiger partial charge in [0.15, 0.2) is 0 Å². The lowest BCUT2D eigenvalue weighted by molar-refractivity contribution is -0.131. The van der Waals surface area contributed by atoms with Gasteiger partial charge in [-0.2, -0.15) is 0 Å². The number of rotatable bonds is 3. The van der Waals surface area contributed by atoms with Gasteiger partial charge in [0.1, 0.15) is 5.75 Å². The summed E-state index contributed by atoms with van der Waals surface area (Å²) < 4.78 is 6.15. The Morgan fingerprint density at radius 1 is 1.42 bits per heavy atom. The van der Waals surface area contributed by atoms with Crippen molar-refractivity contribution >= 4 is 21.8 Å². The SMILES string of the molecule is COc1ccc(CN2CCC(C)CCC2=O)cc1Br. The number of ether oxygens (including phenoxy) is 1. The second-order valence-corrected chi connectivity index (χ2v) is 6.07. The van der Waals surface area contributed by atoms with Crippen LogP contribution in [0.2, 0.25) is 0 Å². The largest absolute Gasteiger partial charge is 0.496 e. The maximum Gasteiger partial charge on any atom is 0.222 e. The van der Waals surface area contributed by atoms with Gasteiger partial charge in [-0.15, -0.1) is 0 Å². The Labute approximate surface area is 123 Å². The van der Waals surface area contributed by atoms with E-state index in [1.54, 1.807) is 7.11 Å². The van der Waals surface area contributed by atoms with Crippen LogP contribution in [0.5, 0.6) is 5.75 Å². The lowest BCUT2D eigenvalue weighted by Crippen LogP contribution is -2.29. The zero-order valence-corrected chi connectivity index (χ0v) is 13.1. The highest BCUT2D eigenvalue weighted by atomic mass is 79.9. The van der Waals surface area contributed by atoms with Gasteiger partial charge in [-0.05, 0) is 52.4 Å². The fourth-order valence-electron chi connectivity index (χ4n) is 2.37. The van der Waals surface area contributed by atoms with Crippen molar-refractivity contribution in [2.45, 2.75) is 32.7 Å². The summed E-state index contributed by atoms with van der Waals surface area (Å²) in [5.74, 6) is 1.74. The van der Waals surface area contributed by atoms with Crippen LogP contribution >= 0.6 is 15.9 Å². The van der Waals surface area contributed by atoms with E-state index in [-0.39, 0.29) is 5.91 Å². The third kappa shape index (κ3) is 3.72. The summed E-state index contributed by atoms with van der Waals surface area (Å²) in [7, 11) is 1.65. The summed E-state index contributed by atoms with van der Waals surface area (Å²) in [6.07, 6.45) is 2.79. The van der Waals surface area contributed by atoms with Crippen molar-refractivity contribution in [3.8, 4) is 5.75 Å². The molecule has 0 N–H and O–H groups in total. The van der Waals surface area contributed by atoms with Gasteiger partial charge in [0.25, 0.3) is 0 Å². The first-order valence-electron chi connectivity index (χ1n) is 6.70. The standard InChI is InChI=1S/C15H20BrNO2/c1-11-3-6-15(18)17(8-7-11)10-12-4-5-14(19-2)13(16)9-12/h4-5,9,11H,3,6-8,10H2,1-2H3. The number of likely N-dealkylation sites (tertiary alicyclic amines) is 1. The summed E-state index contributed by atoms with van der Waals surface area (Å²) >= 11 is 3.48. The Kier molecular flexibility index (Phi) is 4.86. The average Bonchev–Trinajstić information content (AvgIpc) is 2.54. The molecule has 1 aromatic carbocycles. The van der Waals surface area contributed by atoms with Gasteiger partial charge in [0, 0.05) is 19.5 Å². The molecule has 1 aliphatic heterocycles. The fourth-order valence-corrected chi connectivity index (χ4v) is 2.96. The van der Waals surface area contributed by atoms with E-state index >= 15 is 0 Å². The van der Waals surface area contributed by atoms with Gasteiger partial charge in [0.05, 0.1) is 11.6 Å². The minimum atomic E-state index is 0.274. The van der Waals surface area contributed by atoms with Crippen molar-refractivity contribution in [1.82, 2.24) is 4.90 Å². The van der Waals surface area contributed by atoms with Crippen molar-refractivity contribution < 1.29 is 9.53 Å². The van der Waals surface area contributed by atoms with Crippen LogP contribution in [-0.4, -0.2) is 24.5 Å². The molecule has 1 aliphatic rings. The Hall–Kier alpha value is -1.03. The maximum absolute atomic E-state index is 12.1. The van der Waals surface area contributed by atoms with Gasteiger partial charge in [-0.1, -0.05) is 13.0 Å². The highest BCUT2D eigenvalue weighted by molar-refractivity contribution is 9.10. The number of carbonyl (C=O) groups excluding carboxylic acids is 1. The molecular weight excluding hydrogens is 306 g/mol. The molecule has 0 spiro atoms. The highest BCUT2D eigenvalue weighted by Crippen LogP contribution is 2.27. The number of methoxy groups -OCH3 is 1. The number of carbonyl (C=O) groups is 1.